The molecular formula is C14H18N4O. The summed E-state index contributed by atoms with van der Waals surface area (Å²) in [6.07, 6.45) is 0. The van der Waals surface area contributed by atoms with Crippen LogP contribution in [0.3, 0.4) is 0 Å². The molecule has 0 bridgehead atoms. The standard InChI is InChI=1S/C14H18N4O/c1-10-9-13(18(3)17-10)16-14(19)15-11(2)12-7-5-4-6-8-12/h4-9,11H,1-3H3,(H2,15,16,19). The van der Waals surface area contributed by atoms with Crippen LogP contribution in [-0.2, 0) is 7.05 Å². The van der Waals surface area contributed by atoms with Crippen molar-refractivity contribution in [3.63, 3.8) is 0 Å². The summed E-state index contributed by atoms with van der Waals surface area (Å²) >= 11 is 0. The van der Waals surface area contributed by atoms with Crippen molar-refractivity contribution in [2.75, 3.05) is 5.32 Å². The maximum atomic E-state index is 11.9. The summed E-state index contributed by atoms with van der Waals surface area (Å²) < 4.78 is 1.64. The van der Waals surface area contributed by atoms with Crippen molar-refractivity contribution in [3.05, 3.63) is 47.7 Å². The molecule has 2 amide bonds. The first-order chi connectivity index (χ1) is 9.06. The Kier molecular flexibility index (Phi) is 3.85. The van der Waals surface area contributed by atoms with E-state index in [-0.39, 0.29) is 12.1 Å². The summed E-state index contributed by atoms with van der Waals surface area (Å²) in [6, 6.07) is 11.4. The van der Waals surface area contributed by atoms with Crippen LogP contribution in [0.5, 0.6) is 0 Å². The largest absolute Gasteiger partial charge is 0.331 e. The third kappa shape index (κ3) is 3.34. The lowest BCUT2D eigenvalue weighted by Gasteiger charge is -2.14. The molecule has 1 unspecified atom stereocenters. The Bertz CT molecular complexity index is 562. The third-order valence-corrected chi connectivity index (χ3v) is 2.89. The number of aryl methyl sites for hydroxylation is 2. The molecule has 19 heavy (non-hydrogen) atoms. The second kappa shape index (κ2) is 5.56. The van der Waals surface area contributed by atoms with Gasteiger partial charge in [0.1, 0.15) is 5.82 Å². The molecule has 0 aliphatic carbocycles. The van der Waals surface area contributed by atoms with Crippen molar-refractivity contribution in [1.82, 2.24) is 15.1 Å². The highest BCUT2D eigenvalue weighted by Gasteiger charge is 2.11. The second-order valence-electron chi connectivity index (χ2n) is 4.53. The van der Waals surface area contributed by atoms with Crippen LogP contribution in [0.1, 0.15) is 24.2 Å². The lowest BCUT2D eigenvalue weighted by atomic mass is 10.1. The minimum Gasteiger partial charge on any atom is -0.331 e. The number of amides is 2. The van der Waals surface area contributed by atoms with E-state index in [1.807, 2.05) is 50.2 Å². The van der Waals surface area contributed by atoms with Crippen molar-refractivity contribution in [2.45, 2.75) is 19.9 Å². The summed E-state index contributed by atoms with van der Waals surface area (Å²) in [5, 5.41) is 9.85. The van der Waals surface area contributed by atoms with Crippen LogP contribution < -0.4 is 10.6 Å². The second-order valence-corrected chi connectivity index (χ2v) is 4.53. The predicted octanol–water partition coefficient (Wildman–Crippen LogP) is 2.61. The molecule has 5 heteroatoms. The Morgan fingerprint density at radius 1 is 1.32 bits per heavy atom. The molecule has 0 aliphatic rings. The van der Waals surface area contributed by atoms with Crippen LogP contribution in [0.15, 0.2) is 36.4 Å². The van der Waals surface area contributed by atoms with Gasteiger partial charge in [0.2, 0.25) is 0 Å². The van der Waals surface area contributed by atoms with Gasteiger partial charge < -0.3 is 5.32 Å². The zero-order valence-corrected chi connectivity index (χ0v) is 11.3. The Labute approximate surface area is 112 Å². The number of urea groups is 1. The summed E-state index contributed by atoms with van der Waals surface area (Å²) in [4.78, 5) is 11.9. The fourth-order valence-corrected chi connectivity index (χ4v) is 1.90. The maximum Gasteiger partial charge on any atom is 0.320 e. The van der Waals surface area contributed by atoms with E-state index in [0.717, 1.165) is 11.3 Å². The van der Waals surface area contributed by atoms with Crippen LogP contribution in [-0.4, -0.2) is 15.8 Å². The van der Waals surface area contributed by atoms with Crippen molar-refractivity contribution < 1.29 is 4.79 Å². The SMILES string of the molecule is Cc1cc(NC(=O)NC(C)c2ccccc2)n(C)n1. The normalized spacial score (nSPS) is 11.9. The van der Waals surface area contributed by atoms with Gasteiger partial charge in [-0.3, -0.25) is 10.00 Å². The monoisotopic (exact) mass is 258 g/mol. The molecule has 2 rings (SSSR count). The van der Waals surface area contributed by atoms with E-state index in [1.165, 1.54) is 0 Å². The Morgan fingerprint density at radius 2 is 2.00 bits per heavy atom. The van der Waals surface area contributed by atoms with Gasteiger partial charge in [-0.15, -0.1) is 0 Å². The Morgan fingerprint density at radius 3 is 2.58 bits per heavy atom. The van der Waals surface area contributed by atoms with Crippen molar-refractivity contribution in [3.8, 4) is 0 Å². The number of rotatable bonds is 3. The number of nitrogens with one attached hydrogen (secondary N) is 2. The summed E-state index contributed by atoms with van der Waals surface area (Å²) in [6.45, 7) is 3.83. The fourth-order valence-electron chi connectivity index (χ4n) is 1.90. The van der Waals surface area contributed by atoms with Gasteiger partial charge in [0.25, 0.3) is 0 Å². The van der Waals surface area contributed by atoms with Gasteiger partial charge in [0.15, 0.2) is 0 Å². The van der Waals surface area contributed by atoms with E-state index in [0.29, 0.717) is 5.82 Å². The molecule has 1 atom stereocenters. The van der Waals surface area contributed by atoms with Gasteiger partial charge in [-0.05, 0) is 19.4 Å². The highest BCUT2D eigenvalue weighted by molar-refractivity contribution is 5.88. The molecule has 0 saturated carbocycles. The van der Waals surface area contributed by atoms with Crippen LogP contribution in [0.2, 0.25) is 0 Å². The molecule has 0 radical (unpaired) electrons. The highest BCUT2D eigenvalue weighted by atomic mass is 16.2. The van der Waals surface area contributed by atoms with Gasteiger partial charge in [-0.2, -0.15) is 5.10 Å². The fraction of sp³-hybridized carbons (Fsp3) is 0.286. The van der Waals surface area contributed by atoms with Gasteiger partial charge in [-0.25, -0.2) is 4.79 Å². The number of anilines is 1. The molecule has 2 N–H and O–H groups in total. The zero-order chi connectivity index (χ0) is 13.8. The van der Waals surface area contributed by atoms with E-state index in [4.69, 9.17) is 0 Å². The van der Waals surface area contributed by atoms with E-state index in [2.05, 4.69) is 15.7 Å². The van der Waals surface area contributed by atoms with Crippen LogP contribution >= 0.6 is 0 Å². The third-order valence-electron chi connectivity index (χ3n) is 2.89. The van der Waals surface area contributed by atoms with Gasteiger partial charge >= 0.3 is 6.03 Å². The molecule has 2 aromatic rings. The Balaban J connectivity index is 1.96. The number of aromatic nitrogens is 2. The van der Waals surface area contributed by atoms with Crippen molar-refractivity contribution in [2.24, 2.45) is 7.05 Å². The molecule has 0 spiro atoms. The smallest absolute Gasteiger partial charge is 0.320 e. The van der Waals surface area contributed by atoms with Gasteiger partial charge in [-0.1, -0.05) is 30.3 Å². The molecule has 0 aliphatic heterocycles. The summed E-state index contributed by atoms with van der Waals surface area (Å²) in [5.74, 6) is 0.676. The number of nitrogens with zero attached hydrogens (tertiary/aromatic N) is 2. The lowest BCUT2D eigenvalue weighted by molar-refractivity contribution is 0.249. The van der Waals surface area contributed by atoms with Crippen LogP contribution in [0, 0.1) is 6.92 Å². The minimum absolute atomic E-state index is 0.0458. The maximum absolute atomic E-state index is 11.9. The lowest BCUT2D eigenvalue weighted by Crippen LogP contribution is -2.31. The van der Waals surface area contributed by atoms with E-state index < -0.39 is 0 Å². The number of carbonyl (C=O) groups excluding carboxylic acids is 1. The molecule has 1 heterocycles. The number of hydrogen-bond acceptors (Lipinski definition) is 2. The average molecular weight is 258 g/mol. The van der Waals surface area contributed by atoms with E-state index in [9.17, 15) is 4.79 Å². The number of hydrogen-bond donors (Lipinski definition) is 2. The molecule has 5 nitrogen and oxygen atoms in total. The number of carbonyl (C=O) groups is 1. The van der Waals surface area contributed by atoms with Gasteiger partial charge in [0, 0.05) is 13.1 Å². The first-order valence-electron chi connectivity index (χ1n) is 6.19. The molecule has 0 fully saturated rings. The van der Waals surface area contributed by atoms with Crippen LogP contribution in [0.25, 0.3) is 0 Å². The van der Waals surface area contributed by atoms with Crippen LogP contribution in [0.4, 0.5) is 10.6 Å². The predicted molar refractivity (Wildman–Crippen MR) is 75.0 cm³/mol. The molecule has 1 aromatic carbocycles. The average Bonchev–Trinajstić information content (AvgIpc) is 2.68. The quantitative estimate of drug-likeness (QED) is 0.889. The van der Waals surface area contributed by atoms with Crippen molar-refractivity contribution >= 4 is 11.8 Å². The molecule has 100 valence electrons. The summed E-state index contributed by atoms with van der Waals surface area (Å²) in [5.41, 5.74) is 1.94. The molecule has 1 aromatic heterocycles. The zero-order valence-electron chi connectivity index (χ0n) is 11.3. The highest BCUT2D eigenvalue weighted by Crippen LogP contribution is 2.12. The molecular weight excluding hydrogens is 240 g/mol. The Hall–Kier alpha value is -2.30. The first-order valence-corrected chi connectivity index (χ1v) is 6.19. The topological polar surface area (TPSA) is 59.0 Å². The minimum atomic E-state index is -0.237. The van der Waals surface area contributed by atoms with E-state index >= 15 is 0 Å². The van der Waals surface area contributed by atoms with E-state index in [1.54, 1.807) is 11.7 Å². The van der Waals surface area contributed by atoms with Gasteiger partial charge in [0.05, 0.1) is 11.7 Å². The summed E-state index contributed by atoms with van der Waals surface area (Å²) in [7, 11) is 1.79. The van der Waals surface area contributed by atoms with Crippen molar-refractivity contribution in [1.29, 1.82) is 0 Å². The molecule has 0 saturated heterocycles. The number of benzene rings is 1. The first kappa shape index (κ1) is 13.1.